The summed E-state index contributed by atoms with van der Waals surface area (Å²) in [6.07, 6.45) is 12.7. The number of anilines is 1. The third-order valence-electron chi connectivity index (χ3n) is 12.9. The fourth-order valence-corrected chi connectivity index (χ4v) is 9.19. The quantitative estimate of drug-likeness (QED) is 0.0868. The van der Waals surface area contributed by atoms with Crippen LogP contribution in [0.15, 0.2) is 96.3 Å². The highest BCUT2D eigenvalue weighted by molar-refractivity contribution is 6.05. The molecule has 0 bridgehead atoms. The zero-order chi connectivity index (χ0) is 48.3. The van der Waals surface area contributed by atoms with E-state index in [0.29, 0.717) is 83.5 Å². The number of hydrogen-bond acceptors (Lipinski definition) is 11. The number of aliphatic imine (C=N–C) groups is 1. The second-order valence-electron chi connectivity index (χ2n) is 18.3. The van der Waals surface area contributed by atoms with Gasteiger partial charge in [-0.25, -0.2) is 0 Å². The summed E-state index contributed by atoms with van der Waals surface area (Å²) in [5.41, 5.74) is 6.81. The number of nitrogens with one attached hydrogen (secondary N) is 2. The monoisotopic (exact) mass is 935 g/mol. The van der Waals surface area contributed by atoms with Crippen molar-refractivity contribution in [3.63, 3.8) is 0 Å². The van der Waals surface area contributed by atoms with Crippen molar-refractivity contribution in [2.24, 2.45) is 10.9 Å². The number of methoxy groups -OCH3 is 2. The van der Waals surface area contributed by atoms with E-state index in [4.69, 9.17) is 33.4 Å². The molecule has 0 fully saturated rings. The van der Waals surface area contributed by atoms with Crippen molar-refractivity contribution in [2.75, 3.05) is 39.5 Å². The minimum Gasteiger partial charge on any atom is -0.493 e. The van der Waals surface area contributed by atoms with Crippen LogP contribution in [0, 0.1) is 5.92 Å². The van der Waals surface area contributed by atoms with Crippen molar-refractivity contribution in [3.05, 3.63) is 119 Å². The molecule has 2 N–H and O–H groups in total. The van der Waals surface area contributed by atoms with Crippen LogP contribution in [0.1, 0.15) is 103 Å². The van der Waals surface area contributed by atoms with Gasteiger partial charge in [0.2, 0.25) is 18.6 Å². The predicted molar refractivity (Wildman–Crippen MR) is 262 cm³/mol. The van der Waals surface area contributed by atoms with Crippen LogP contribution >= 0.6 is 0 Å². The first kappa shape index (κ1) is 46.6. The Morgan fingerprint density at radius 3 is 2.13 bits per heavy atom. The average Bonchev–Trinajstić information content (AvgIpc) is 4.10. The number of amides is 4. The number of fused-ring (bicyclic) bond motifs is 5. The number of hydrogen-bond donors (Lipinski definition) is 2. The second-order valence-corrected chi connectivity index (χ2v) is 18.3. The molecule has 4 unspecified atom stereocenters. The van der Waals surface area contributed by atoms with Crippen molar-refractivity contribution in [3.8, 4) is 34.5 Å². The normalized spacial score (nSPS) is 19.2. The van der Waals surface area contributed by atoms with Crippen LogP contribution < -0.4 is 39.1 Å². The van der Waals surface area contributed by atoms with E-state index in [9.17, 15) is 19.2 Å². The molecular formula is C54H57N5O10. The first-order valence-corrected chi connectivity index (χ1v) is 23.4. The molecule has 4 atom stereocenters. The molecule has 358 valence electrons. The van der Waals surface area contributed by atoms with Crippen LogP contribution in [0.2, 0.25) is 0 Å². The maximum Gasteiger partial charge on any atom is 0.260 e. The zero-order valence-corrected chi connectivity index (χ0v) is 39.7. The first-order chi connectivity index (χ1) is 33.4. The number of nitrogens with zero attached hydrogens (tertiary/aromatic N) is 3. The smallest absolute Gasteiger partial charge is 0.260 e. The summed E-state index contributed by atoms with van der Waals surface area (Å²) in [7, 11) is 3.10. The zero-order valence-electron chi connectivity index (χ0n) is 39.7. The molecule has 4 aromatic carbocycles. The summed E-state index contributed by atoms with van der Waals surface area (Å²) < 4.78 is 35.1. The molecule has 5 aliphatic heterocycles. The molecule has 5 aliphatic rings. The Hall–Kier alpha value is -7.55. The van der Waals surface area contributed by atoms with E-state index >= 15 is 0 Å². The minimum atomic E-state index is -0.681. The van der Waals surface area contributed by atoms with Crippen LogP contribution in [0.4, 0.5) is 11.4 Å². The SMILES string of the molecule is COc1cc2c(cc1OCCCOc1cc3c(cc1OC)C(=O)N1C=C(c4ccc5c(c4)OCO5)CC1C=CCC3C)N=CC1CC(c3ccc(NC(=O)C(C)NC(=O)CC(C)C)cc3)=CN1C2=O. The molecule has 15 heteroatoms. The number of benzene rings is 4. The predicted octanol–water partition coefficient (Wildman–Crippen LogP) is 9.06. The van der Waals surface area contributed by atoms with E-state index in [1.165, 1.54) is 7.11 Å². The molecule has 0 aliphatic carbocycles. The van der Waals surface area contributed by atoms with Crippen molar-refractivity contribution in [2.45, 2.75) is 83.8 Å². The van der Waals surface area contributed by atoms with Crippen LogP contribution in [0.5, 0.6) is 34.5 Å². The summed E-state index contributed by atoms with van der Waals surface area (Å²) >= 11 is 0. The standard InChI is InChI=1S/C54H57N5O10/c1-31(2)19-51(60)56-33(4)52(61)57-38-14-11-34(12-15-38)36-21-40-27-55-44-26-50(47(65-6)25-43(44)54(63)59(40)28-36)67-18-8-17-66-49-23-41-32(3)9-7-10-39-20-37(35-13-16-45-48(22-35)69-30-68-45)29-58(39)53(62)42(41)24-46(49)64-5/h7,10-16,22-29,31-33,39-40H,8-9,17-21,30H2,1-6H3,(H,56,60)(H,57,61). The molecule has 0 saturated carbocycles. The highest BCUT2D eigenvalue weighted by atomic mass is 16.7. The van der Waals surface area contributed by atoms with Gasteiger partial charge in [-0.3, -0.25) is 24.2 Å². The first-order valence-electron chi connectivity index (χ1n) is 23.4. The Morgan fingerprint density at radius 2 is 1.41 bits per heavy atom. The summed E-state index contributed by atoms with van der Waals surface area (Å²) in [5, 5.41) is 5.60. The Labute approximate surface area is 401 Å². The molecule has 9 rings (SSSR count). The van der Waals surface area contributed by atoms with Gasteiger partial charge in [0.05, 0.1) is 50.8 Å². The minimum absolute atomic E-state index is 0.0468. The number of carbonyl (C=O) groups is 4. The summed E-state index contributed by atoms with van der Waals surface area (Å²) in [5.74, 6) is 2.72. The van der Waals surface area contributed by atoms with Gasteiger partial charge >= 0.3 is 0 Å². The van der Waals surface area contributed by atoms with E-state index in [0.717, 1.165) is 40.0 Å². The fourth-order valence-electron chi connectivity index (χ4n) is 9.19. The highest BCUT2D eigenvalue weighted by Gasteiger charge is 2.35. The largest absolute Gasteiger partial charge is 0.493 e. The van der Waals surface area contributed by atoms with Gasteiger partial charge in [-0.1, -0.05) is 51.1 Å². The lowest BCUT2D eigenvalue weighted by Crippen LogP contribution is -2.41. The topological polar surface area (TPSA) is 167 Å². The van der Waals surface area contributed by atoms with Crippen LogP contribution in [-0.2, 0) is 9.59 Å². The van der Waals surface area contributed by atoms with E-state index in [2.05, 4.69) is 29.7 Å². The van der Waals surface area contributed by atoms with Crippen molar-refractivity contribution in [1.82, 2.24) is 15.1 Å². The van der Waals surface area contributed by atoms with Gasteiger partial charge in [0.25, 0.3) is 11.8 Å². The lowest BCUT2D eigenvalue weighted by Gasteiger charge is -2.23. The number of ether oxygens (including phenoxy) is 6. The van der Waals surface area contributed by atoms with Crippen LogP contribution in [0.25, 0.3) is 11.1 Å². The van der Waals surface area contributed by atoms with Gasteiger partial charge in [0.15, 0.2) is 34.5 Å². The Balaban J connectivity index is 0.819. The molecule has 4 aromatic rings. The second kappa shape index (κ2) is 20.0. The molecule has 5 heterocycles. The van der Waals surface area contributed by atoms with Gasteiger partial charge in [0.1, 0.15) is 6.04 Å². The maximum absolute atomic E-state index is 14.4. The molecule has 69 heavy (non-hydrogen) atoms. The summed E-state index contributed by atoms with van der Waals surface area (Å²) in [6, 6.07) is 19.3. The van der Waals surface area contributed by atoms with Crippen molar-refractivity contribution >= 4 is 52.4 Å². The number of allylic oxidation sites excluding steroid dienone is 1. The van der Waals surface area contributed by atoms with Gasteiger partial charge < -0.3 is 48.9 Å². The van der Waals surface area contributed by atoms with E-state index in [-0.39, 0.29) is 60.9 Å². The lowest BCUT2D eigenvalue weighted by atomic mass is 9.92. The molecule has 0 spiro atoms. The van der Waals surface area contributed by atoms with Crippen molar-refractivity contribution < 1.29 is 47.6 Å². The van der Waals surface area contributed by atoms with Gasteiger partial charge in [-0.2, -0.15) is 0 Å². The fraction of sp³-hybridized carbons (Fsp3) is 0.352. The average molecular weight is 936 g/mol. The molecule has 0 radical (unpaired) electrons. The van der Waals surface area contributed by atoms with E-state index < -0.39 is 6.04 Å². The Morgan fingerprint density at radius 1 is 0.768 bits per heavy atom. The molecular weight excluding hydrogens is 879 g/mol. The van der Waals surface area contributed by atoms with Crippen LogP contribution in [-0.4, -0.2) is 92.0 Å². The molecule has 15 nitrogen and oxygen atoms in total. The van der Waals surface area contributed by atoms with Gasteiger partial charge in [-0.05, 0) is 102 Å². The third kappa shape index (κ3) is 9.90. The summed E-state index contributed by atoms with van der Waals surface area (Å²) in [4.78, 5) is 61.5. The van der Waals surface area contributed by atoms with E-state index in [1.807, 2.05) is 67.5 Å². The highest BCUT2D eigenvalue weighted by Crippen LogP contribution is 2.43. The van der Waals surface area contributed by atoms with Gasteiger partial charge in [-0.15, -0.1) is 0 Å². The number of carbonyl (C=O) groups excluding carboxylic acids is 4. The van der Waals surface area contributed by atoms with Crippen LogP contribution in [0.3, 0.4) is 0 Å². The summed E-state index contributed by atoms with van der Waals surface area (Å²) in [6.45, 7) is 8.46. The Bertz CT molecular complexity index is 2800. The molecule has 4 amide bonds. The maximum atomic E-state index is 14.4. The Kier molecular flexibility index (Phi) is 13.5. The number of rotatable bonds is 15. The van der Waals surface area contributed by atoms with Gasteiger partial charge in [0, 0.05) is 55.2 Å². The molecule has 0 saturated heterocycles. The third-order valence-corrected chi connectivity index (χ3v) is 12.9. The van der Waals surface area contributed by atoms with E-state index in [1.54, 1.807) is 55.5 Å². The van der Waals surface area contributed by atoms with Crippen molar-refractivity contribution in [1.29, 1.82) is 0 Å². The molecule has 0 aromatic heterocycles. The lowest BCUT2D eigenvalue weighted by molar-refractivity contribution is -0.126.